The van der Waals surface area contributed by atoms with Crippen LogP contribution in [0.4, 0.5) is 11.5 Å². The van der Waals surface area contributed by atoms with E-state index in [0.29, 0.717) is 38.5 Å². The first-order chi connectivity index (χ1) is 12.3. The van der Waals surface area contributed by atoms with Crippen LogP contribution in [0.2, 0.25) is 0 Å². The average molecular weight is 379 g/mol. The summed E-state index contributed by atoms with van der Waals surface area (Å²) in [7, 11) is 0.324. The number of piperazine rings is 1. The molecule has 9 nitrogen and oxygen atoms in total. The number of nitrogens with zero attached hydrogens (tertiary/aromatic N) is 7. The SMILES string of the molecule is CCn1cc(S(=O)(=O)N2CCN(c3cc(N(C)C)cnn3)CC2)nc1C. The monoisotopic (exact) mass is 379 g/mol. The largest absolute Gasteiger partial charge is 0.376 e. The predicted octanol–water partition coefficient (Wildman–Crippen LogP) is 0.578. The summed E-state index contributed by atoms with van der Waals surface area (Å²) in [5.41, 5.74) is 0.964. The highest BCUT2D eigenvalue weighted by molar-refractivity contribution is 7.89. The average Bonchev–Trinajstić information content (AvgIpc) is 3.03. The molecule has 0 N–H and O–H groups in total. The second-order valence-electron chi connectivity index (χ2n) is 6.47. The van der Waals surface area contributed by atoms with Gasteiger partial charge in [-0.25, -0.2) is 13.4 Å². The van der Waals surface area contributed by atoms with Crippen LogP contribution in [0.15, 0.2) is 23.5 Å². The number of anilines is 2. The Labute approximate surface area is 154 Å². The highest BCUT2D eigenvalue weighted by Gasteiger charge is 2.31. The van der Waals surface area contributed by atoms with E-state index in [2.05, 4.69) is 20.1 Å². The maximum atomic E-state index is 12.9. The van der Waals surface area contributed by atoms with Crippen molar-refractivity contribution in [1.29, 1.82) is 0 Å². The minimum Gasteiger partial charge on any atom is -0.376 e. The molecule has 1 aliphatic rings. The number of aromatic nitrogens is 4. The third kappa shape index (κ3) is 3.51. The van der Waals surface area contributed by atoms with Crippen molar-refractivity contribution in [2.75, 3.05) is 50.1 Å². The molecule has 0 bridgehead atoms. The van der Waals surface area contributed by atoms with Gasteiger partial charge >= 0.3 is 0 Å². The molecule has 1 aliphatic heterocycles. The van der Waals surface area contributed by atoms with Crippen LogP contribution in [0, 0.1) is 6.92 Å². The first-order valence-corrected chi connectivity index (χ1v) is 10.1. The van der Waals surface area contributed by atoms with Gasteiger partial charge in [0.2, 0.25) is 0 Å². The Balaban J connectivity index is 1.72. The maximum Gasteiger partial charge on any atom is 0.262 e. The zero-order chi connectivity index (χ0) is 18.9. The fourth-order valence-corrected chi connectivity index (χ4v) is 4.37. The minimum absolute atomic E-state index is 0.125. The maximum absolute atomic E-state index is 12.9. The van der Waals surface area contributed by atoms with Crippen molar-refractivity contribution in [2.24, 2.45) is 0 Å². The van der Waals surface area contributed by atoms with E-state index < -0.39 is 10.0 Å². The molecule has 0 aliphatic carbocycles. The second-order valence-corrected chi connectivity index (χ2v) is 8.35. The van der Waals surface area contributed by atoms with E-state index in [0.717, 1.165) is 11.5 Å². The number of hydrogen-bond acceptors (Lipinski definition) is 7. The van der Waals surface area contributed by atoms with Gasteiger partial charge < -0.3 is 14.4 Å². The fraction of sp³-hybridized carbons (Fsp3) is 0.562. The van der Waals surface area contributed by atoms with Crippen LogP contribution >= 0.6 is 0 Å². The summed E-state index contributed by atoms with van der Waals surface area (Å²) in [6, 6.07) is 1.96. The van der Waals surface area contributed by atoms with E-state index in [4.69, 9.17) is 0 Å². The number of sulfonamides is 1. The van der Waals surface area contributed by atoms with Crippen molar-refractivity contribution in [3.63, 3.8) is 0 Å². The Morgan fingerprint density at radius 2 is 1.88 bits per heavy atom. The van der Waals surface area contributed by atoms with Crippen molar-refractivity contribution in [1.82, 2.24) is 24.1 Å². The number of hydrogen-bond donors (Lipinski definition) is 0. The first kappa shape index (κ1) is 18.6. The first-order valence-electron chi connectivity index (χ1n) is 8.62. The summed E-state index contributed by atoms with van der Waals surface area (Å²) < 4.78 is 29.0. The topological polar surface area (TPSA) is 87.5 Å². The lowest BCUT2D eigenvalue weighted by Crippen LogP contribution is -2.49. The van der Waals surface area contributed by atoms with E-state index in [9.17, 15) is 8.42 Å². The quantitative estimate of drug-likeness (QED) is 0.751. The summed E-state index contributed by atoms with van der Waals surface area (Å²) in [6.07, 6.45) is 3.32. The fourth-order valence-electron chi connectivity index (χ4n) is 2.96. The van der Waals surface area contributed by atoms with Crippen LogP contribution in [0.1, 0.15) is 12.7 Å². The lowest BCUT2D eigenvalue weighted by molar-refractivity contribution is 0.382. The standard InChI is InChI=1S/C16H25N7O2S/c1-5-21-12-16(18-13(21)2)26(24,25)23-8-6-22(7-9-23)15-10-14(20(3)4)11-17-19-15/h10-12H,5-9H2,1-4H3. The molecule has 0 spiro atoms. The highest BCUT2D eigenvalue weighted by Crippen LogP contribution is 2.21. The zero-order valence-corrected chi connectivity index (χ0v) is 16.4. The van der Waals surface area contributed by atoms with Gasteiger partial charge in [-0.05, 0) is 13.8 Å². The smallest absolute Gasteiger partial charge is 0.262 e. The second kappa shape index (κ2) is 7.20. The summed E-state index contributed by atoms with van der Waals surface area (Å²) in [5, 5.41) is 8.35. The van der Waals surface area contributed by atoms with E-state index in [-0.39, 0.29) is 5.03 Å². The van der Waals surface area contributed by atoms with Crippen molar-refractivity contribution in [2.45, 2.75) is 25.4 Å². The third-order valence-corrected chi connectivity index (χ3v) is 6.38. The third-order valence-electron chi connectivity index (χ3n) is 4.61. The molecule has 2 aromatic heterocycles. The van der Waals surface area contributed by atoms with Crippen LogP contribution in [0.25, 0.3) is 0 Å². The molecule has 0 saturated carbocycles. The van der Waals surface area contributed by atoms with Crippen molar-refractivity contribution < 1.29 is 8.42 Å². The molecule has 0 unspecified atom stereocenters. The van der Waals surface area contributed by atoms with Crippen molar-refractivity contribution in [3.8, 4) is 0 Å². The van der Waals surface area contributed by atoms with Gasteiger partial charge in [0.15, 0.2) is 10.8 Å². The van der Waals surface area contributed by atoms with Gasteiger partial charge in [0, 0.05) is 59.1 Å². The van der Waals surface area contributed by atoms with Crippen molar-refractivity contribution in [3.05, 3.63) is 24.3 Å². The molecule has 0 amide bonds. The molecule has 3 rings (SSSR count). The molecule has 3 heterocycles. The molecule has 0 aromatic carbocycles. The van der Waals surface area contributed by atoms with E-state index >= 15 is 0 Å². The van der Waals surface area contributed by atoms with E-state index in [1.807, 2.05) is 43.5 Å². The molecule has 10 heteroatoms. The molecular weight excluding hydrogens is 354 g/mol. The van der Waals surface area contributed by atoms with Crippen LogP contribution in [0.5, 0.6) is 0 Å². The zero-order valence-electron chi connectivity index (χ0n) is 15.6. The molecule has 0 radical (unpaired) electrons. The van der Waals surface area contributed by atoms with E-state index in [1.165, 1.54) is 4.31 Å². The van der Waals surface area contributed by atoms with Crippen LogP contribution in [0.3, 0.4) is 0 Å². The molecular formula is C16H25N7O2S. The Hall–Kier alpha value is -2.20. The van der Waals surface area contributed by atoms with Crippen LogP contribution in [-0.4, -0.2) is 72.7 Å². The van der Waals surface area contributed by atoms with Gasteiger partial charge in [0.25, 0.3) is 10.0 Å². The van der Waals surface area contributed by atoms with Gasteiger partial charge in [0.1, 0.15) is 5.82 Å². The molecule has 142 valence electrons. The predicted molar refractivity (Wildman–Crippen MR) is 100.0 cm³/mol. The van der Waals surface area contributed by atoms with Gasteiger partial charge in [-0.1, -0.05) is 0 Å². The summed E-state index contributed by atoms with van der Waals surface area (Å²) in [5.74, 6) is 1.47. The Bertz CT molecular complexity index is 870. The van der Waals surface area contributed by atoms with Gasteiger partial charge in [0.05, 0.1) is 11.9 Å². The summed E-state index contributed by atoms with van der Waals surface area (Å²) in [4.78, 5) is 8.25. The Kier molecular flexibility index (Phi) is 5.15. The summed E-state index contributed by atoms with van der Waals surface area (Å²) >= 11 is 0. The lowest BCUT2D eigenvalue weighted by atomic mass is 10.3. The lowest BCUT2D eigenvalue weighted by Gasteiger charge is -2.34. The number of rotatable bonds is 5. The molecule has 1 fully saturated rings. The van der Waals surface area contributed by atoms with Crippen LogP contribution < -0.4 is 9.80 Å². The Morgan fingerprint density at radius 1 is 1.19 bits per heavy atom. The minimum atomic E-state index is -3.57. The molecule has 0 atom stereocenters. The molecule has 1 saturated heterocycles. The van der Waals surface area contributed by atoms with Gasteiger partial charge in [-0.3, -0.25) is 0 Å². The number of aryl methyl sites for hydroxylation is 2. The van der Waals surface area contributed by atoms with Crippen molar-refractivity contribution >= 4 is 21.5 Å². The molecule has 26 heavy (non-hydrogen) atoms. The normalized spacial score (nSPS) is 16.1. The Morgan fingerprint density at radius 3 is 2.46 bits per heavy atom. The van der Waals surface area contributed by atoms with Gasteiger partial charge in [-0.15, -0.1) is 5.10 Å². The number of imidazole rings is 1. The van der Waals surface area contributed by atoms with E-state index in [1.54, 1.807) is 12.4 Å². The van der Waals surface area contributed by atoms with Crippen LogP contribution in [-0.2, 0) is 16.6 Å². The summed E-state index contributed by atoms with van der Waals surface area (Å²) in [6.45, 7) is 6.41. The van der Waals surface area contributed by atoms with Gasteiger partial charge in [-0.2, -0.15) is 9.40 Å². The molecule has 2 aromatic rings. The highest BCUT2D eigenvalue weighted by atomic mass is 32.2.